The molecule has 0 radical (unpaired) electrons. The number of piperidine rings is 1. The van der Waals surface area contributed by atoms with E-state index in [0.717, 1.165) is 44.0 Å². The molecule has 1 unspecified atom stereocenters. The number of hydrogen-bond donors (Lipinski definition) is 1. The first-order chi connectivity index (χ1) is 12.6. The smallest absolute Gasteiger partial charge is 0.223 e. The van der Waals surface area contributed by atoms with Gasteiger partial charge in [-0.2, -0.15) is 0 Å². The normalized spacial score (nSPS) is 25.5. The Hall–Kier alpha value is -2.02. The Balaban J connectivity index is 1.30. The molecule has 7 nitrogen and oxygen atoms in total. The summed E-state index contributed by atoms with van der Waals surface area (Å²) in [6, 6.07) is 2.24. The Labute approximate surface area is 154 Å². The number of likely N-dealkylation sites (tertiary alicyclic amines) is 2. The number of aromatic nitrogens is 2. The number of amides is 2. The fourth-order valence-electron chi connectivity index (χ4n) is 4.26. The van der Waals surface area contributed by atoms with Crippen molar-refractivity contribution in [3.63, 3.8) is 0 Å². The Kier molecular flexibility index (Phi) is 4.89. The van der Waals surface area contributed by atoms with Gasteiger partial charge < -0.3 is 10.6 Å². The zero-order chi connectivity index (χ0) is 18.1. The molecule has 1 aromatic heterocycles. The van der Waals surface area contributed by atoms with Crippen molar-refractivity contribution in [3.8, 4) is 0 Å². The van der Waals surface area contributed by atoms with Gasteiger partial charge in [0.15, 0.2) is 0 Å². The molecule has 3 aliphatic rings. The largest absolute Gasteiger partial charge is 0.369 e. The number of nitrogens with two attached hydrogens (primary N) is 1. The fourth-order valence-corrected chi connectivity index (χ4v) is 4.26. The summed E-state index contributed by atoms with van der Waals surface area (Å²) < 4.78 is 0. The van der Waals surface area contributed by atoms with Crippen molar-refractivity contribution in [2.45, 2.75) is 57.0 Å². The topological polar surface area (TPSA) is 92.4 Å². The zero-order valence-electron chi connectivity index (χ0n) is 15.1. The van der Waals surface area contributed by atoms with E-state index in [0.29, 0.717) is 12.5 Å². The van der Waals surface area contributed by atoms with Gasteiger partial charge >= 0.3 is 0 Å². The fraction of sp³-hybridized carbons (Fsp3) is 0.684. The highest BCUT2D eigenvalue weighted by Gasteiger charge is 2.38. The minimum atomic E-state index is -0.357. The summed E-state index contributed by atoms with van der Waals surface area (Å²) >= 11 is 0. The number of hydrogen-bond acceptors (Lipinski definition) is 5. The molecule has 2 aliphatic heterocycles. The van der Waals surface area contributed by atoms with Crippen molar-refractivity contribution < 1.29 is 9.59 Å². The van der Waals surface area contributed by atoms with Gasteiger partial charge in [-0.15, -0.1) is 0 Å². The lowest BCUT2D eigenvalue weighted by Crippen LogP contribution is -2.45. The lowest BCUT2D eigenvalue weighted by atomic mass is 9.85. The molecule has 140 valence electrons. The Morgan fingerprint density at radius 1 is 1.23 bits per heavy atom. The van der Waals surface area contributed by atoms with E-state index >= 15 is 0 Å². The maximum Gasteiger partial charge on any atom is 0.223 e. The van der Waals surface area contributed by atoms with Gasteiger partial charge in [-0.1, -0.05) is 6.42 Å². The SMILES string of the molecule is NC(=O)C1CC(=O)N(C2CCN(Cc3ccnc(C4CCC4)n3)CC2)C1. The molecule has 2 N–H and O–H groups in total. The average Bonchev–Trinajstić information content (AvgIpc) is 2.97. The van der Waals surface area contributed by atoms with Crippen molar-refractivity contribution in [1.82, 2.24) is 19.8 Å². The molecule has 0 spiro atoms. The van der Waals surface area contributed by atoms with Gasteiger partial charge in [0.05, 0.1) is 11.6 Å². The van der Waals surface area contributed by atoms with Crippen LogP contribution in [0.5, 0.6) is 0 Å². The predicted molar refractivity (Wildman–Crippen MR) is 95.9 cm³/mol. The van der Waals surface area contributed by atoms with Crippen LogP contribution in [0.2, 0.25) is 0 Å². The molecule has 3 heterocycles. The minimum absolute atomic E-state index is 0.0770. The second-order valence-electron chi connectivity index (χ2n) is 7.89. The second kappa shape index (κ2) is 7.31. The standard InChI is InChI=1S/C19H27N5O2/c20-18(26)14-10-17(25)24(11-14)16-5-8-23(9-6-16)12-15-4-7-21-19(22-15)13-2-1-3-13/h4,7,13-14,16H,1-3,5-6,8-12H2,(H2,20,26). The van der Waals surface area contributed by atoms with Crippen molar-refractivity contribution in [2.75, 3.05) is 19.6 Å². The van der Waals surface area contributed by atoms with Gasteiger partial charge in [0.2, 0.25) is 11.8 Å². The minimum Gasteiger partial charge on any atom is -0.369 e. The van der Waals surface area contributed by atoms with Gasteiger partial charge in [-0.3, -0.25) is 14.5 Å². The van der Waals surface area contributed by atoms with Crippen molar-refractivity contribution >= 4 is 11.8 Å². The molecule has 1 atom stereocenters. The molecule has 0 aromatic carbocycles. The van der Waals surface area contributed by atoms with Crippen molar-refractivity contribution in [3.05, 3.63) is 23.8 Å². The summed E-state index contributed by atoms with van der Waals surface area (Å²) in [6.07, 6.45) is 7.76. The molecule has 2 amide bonds. The van der Waals surface area contributed by atoms with E-state index in [1.165, 1.54) is 19.3 Å². The monoisotopic (exact) mass is 357 g/mol. The Morgan fingerprint density at radius 3 is 2.62 bits per heavy atom. The lowest BCUT2D eigenvalue weighted by molar-refractivity contribution is -0.130. The number of primary amides is 1. The molecular weight excluding hydrogens is 330 g/mol. The van der Waals surface area contributed by atoms with Crippen LogP contribution in [0.4, 0.5) is 0 Å². The molecule has 7 heteroatoms. The van der Waals surface area contributed by atoms with Crippen molar-refractivity contribution in [1.29, 1.82) is 0 Å². The summed E-state index contributed by atoms with van der Waals surface area (Å²) in [5, 5.41) is 0. The lowest BCUT2D eigenvalue weighted by Gasteiger charge is -2.36. The Morgan fingerprint density at radius 2 is 2.00 bits per heavy atom. The molecular formula is C19H27N5O2. The quantitative estimate of drug-likeness (QED) is 0.850. The van der Waals surface area contributed by atoms with Gasteiger partial charge in [0.25, 0.3) is 0 Å². The van der Waals surface area contributed by atoms with Crippen LogP contribution in [0.3, 0.4) is 0 Å². The van der Waals surface area contributed by atoms with Gasteiger partial charge in [0.1, 0.15) is 5.82 Å². The van der Waals surface area contributed by atoms with E-state index in [1.807, 2.05) is 17.2 Å². The molecule has 1 aromatic rings. The van der Waals surface area contributed by atoms with Crippen LogP contribution in [0, 0.1) is 5.92 Å². The summed E-state index contributed by atoms with van der Waals surface area (Å²) in [5.41, 5.74) is 6.46. The number of nitrogens with zero attached hydrogens (tertiary/aromatic N) is 4. The molecule has 26 heavy (non-hydrogen) atoms. The van der Waals surface area contributed by atoms with Crippen LogP contribution in [0.15, 0.2) is 12.3 Å². The van der Waals surface area contributed by atoms with E-state index < -0.39 is 0 Å². The third-order valence-electron chi connectivity index (χ3n) is 6.15. The summed E-state index contributed by atoms with van der Waals surface area (Å²) in [6.45, 7) is 3.22. The van der Waals surface area contributed by atoms with Gasteiger partial charge in [-0.25, -0.2) is 9.97 Å². The van der Waals surface area contributed by atoms with Crippen molar-refractivity contribution in [2.24, 2.45) is 11.7 Å². The predicted octanol–water partition coefficient (Wildman–Crippen LogP) is 1.04. The second-order valence-corrected chi connectivity index (χ2v) is 7.89. The average molecular weight is 357 g/mol. The molecule has 2 saturated heterocycles. The molecule has 3 fully saturated rings. The van der Waals surface area contributed by atoms with E-state index in [1.54, 1.807) is 0 Å². The van der Waals surface area contributed by atoms with E-state index in [-0.39, 0.29) is 30.2 Å². The number of carbonyl (C=O) groups is 2. The molecule has 0 bridgehead atoms. The summed E-state index contributed by atoms with van der Waals surface area (Å²) in [7, 11) is 0. The van der Waals surface area contributed by atoms with E-state index in [9.17, 15) is 9.59 Å². The number of carbonyl (C=O) groups excluding carboxylic acids is 2. The summed E-state index contributed by atoms with van der Waals surface area (Å²) in [5.74, 6) is 0.966. The summed E-state index contributed by atoms with van der Waals surface area (Å²) in [4.78, 5) is 37.0. The van der Waals surface area contributed by atoms with Crippen LogP contribution in [0.25, 0.3) is 0 Å². The molecule has 1 aliphatic carbocycles. The number of rotatable bonds is 5. The van der Waals surface area contributed by atoms with Crippen LogP contribution in [-0.2, 0) is 16.1 Å². The van der Waals surface area contributed by atoms with Gasteiger partial charge in [0, 0.05) is 50.8 Å². The third-order valence-corrected chi connectivity index (χ3v) is 6.15. The molecule has 4 rings (SSSR count). The third kappa shape index (κ3) is 3.58. The highest BCUT2D eigenvalue weighted by atomic mass is 16.2. The molecule has 1 saturated carbocycles. The highest BCUT2D eigenvalue weighted by molar-refractivity contribution is 5.88. The van der Waals surface area contributed by atoms with E-state index in [2.05, 4.69) is 9.88 Å². The first-order valence-electron chi connectivity index (χ1n) is 9.73. The maximum absolute atomic E-state index is 12.2. The maximum atomic E-state index is 12.2. The first kappa shape index (κ1) is 17.4. The zero-order valence-corrected chi connectivity index (χ0v) is 15.1. The van der Waals surface area contributed by atoms with Crippen LogP contribution < -0.4 is 5.73 Å². The first-order valence-corrected chi connectivity index (χ1v) is 9.73. The van der Waals surface area contributed by atoms with E-state index in [4.69, 9.17) is 10.7 Å². The van der Waals surface area contributed by atoms with Gasteiger partial charge in [-0.05, 0) is 31.7 Å². The van der Waals surface area contributed by atoms with Crippen LogP contribution in [-0.4, -0.2) is 57.3 Å². The Bertz CT molecular complexity index is 682. The van der Waals surface area contributed by atoms with Crippen LogP contribution in [0.1, 0.15) is 56.0 Å². The highest BCUT2D eigenvalue weighted by Crippen LogP contribution is 2.34. The van der Waals surface area contributed by atoms with Crippen LogP contribution >= 0.6 is 0 Å².